The van der Waals surface area contributed by atoms with Crippen LogP contribution >= 0.6 is 0 Å². The first kappa shape index (κ1) is 14.4. The zero-order chi connectivity index (χ0) is 14.8. The topological polar surface area (TPSA) is 109 Å². The molecule has 0 spiro atoms. The Balaban J connectivity index is 1.91. The number of amides is 1. The van der Waals surface area contributed by atoms with E-state index in [2.05, 4.69) is 10.3 Å². The Morgan fingerprint density at radius 1 is 1.45 bits per heavy atom. The van der Waals surface area contributed by atoms with E-state index >= 15 is 0 Å². The number of carboxylic acids is 1. The van der Waals surface area contributed by atoms with Gasteiger partial charge in [0, 0.05) is 13.6 Å². The molecule has 0 saturated heterocycles. The van der Waals surface area contributed by atoms with Gasteiger partial charge in [0.25, 0.3) is 0 Å². The van der Waals surface area contributed by atoms with Crippen LogP contribution in [0.25, 0.3) is 0 Å². The summed E-state index contributed by atoms with van der Waals surface area (Å²) in [5.74, 6) is -1.43. The summed E-state index contributed by atoms with van der Waals surface area (Å²) in [5.41, 5.74) is -0.992. The molecule has 1 aromatic heterocycles. The van der Waals surface area contributed by atoms with Crippen molar-refractivity contribution in [3.05, 3.63) is 11.9 Å². The van der Waals surface area contributed by atoms with Crippen LogP contribution in [-0.4, -0.2) is 61.2 Å². The fourth-order valence-electron chi connectivity index (χ4n) is 2.45. The van der Waals surface area contributed by atoms with Crippen LogP contribution in [0.5, 0.6) is 0 Å². The minimum atomic E-state index is -1.18. The largest absolute Gasteiger partial charge is 0.476 e. The molecule has 8 nitrogen and oxygen atoms in total. The Morgan fingerprint density at radius 2 is 2.10 bits per heavy atom. The summed E-state index contributed by atoms with van der Waals surface area (Å²) in [6, 6.07) is 0. The number of hydrogen-bond donors (Lipinski definition) is 2. The number of carbonyl (C=O) groups excluding carboxylic acids is 1. The van der Waals surface area contributed by atoms with Crippen LogP contribution < -0.4 is 0 Å². The molecule has 0 aliphatic heterocycles. The van der Waals surface area contributed by atoms with Gasteiger partial charge in [0.05, 0.1) is 11.8 Å². The van der Waals surface area contributed by atoms with Crippen LogP contribution in [0, 0.1) is 0 Å². The summed E-state index contributed by atoms with van der Waals surface area (Å²) in [4.78, 5) is 24.1. The number of likely N-dealkylation sites (N-methyl/N-ethyl adjacent to an activating group) is 1. The highest BCUT2D eigenvalue weighted by molar-refractivity contribution is 5.84. The fraction of sp³-hybridized carbons (Fsp3) is 0.667. The molecular weight excluding hydrogens is 264 g/mol. The molecule has 2 rings (SSSR count). The van der Waals surface area contributed by atoms with Gasteiger partial charge in [-0.05, 0) is 12.8 Å². The highest BCUT2D eigenvalue weighted by Crippen LogP contribution is 2.29. The van der Waals surface area contributed by atoms with E-state index in [1.54, 1.807) is 7.05 Å². The summed E-state index contributed by atoms with van der Waals surface area (Å²) >= 11 is 0. The molecule has 1 saturated carbocycles. The number of aromatic carboxylic acids is 1. The van der Waals surface area contributed by atoms with Crippen LogP contribution in [-0.2, 0) is 11.3 Å². The van der Waals surface area contributed by atoms with Gasteiger partial charge in [-0.1, -0.05) is 18.1 Å². The van der Waals surface area contributed by atoms with Crippen LogP contribution in [0.4, 0.5) is 0 Å². The van der Waals surface area contributed by atoms with Crippen molar-refractivity contribution >= 4 is 11.9 Å². The third-order valence-electron chi connectivity index (χ3n) is 3.55. The Morgan fingerprint density at radius 3 is 2.65 bits per heavy atom. The van der Waals surface area contributed by atoms with Crippen molar-refractivity contribution in [2.24, 2.45) is 0 Å². The summed E-state index contributed by atoms with van der Waals surface area (Å²) in [6.07, 6.45) is 4.57. The molecular formula is C12H18N4O4. The quantitative estimate of drug-likeness (QED) is 0.770. The zero-order valence-corrected chi connectivity index (χ0v) is 11.3. The molecule has 0 aromatic carbocycles. The van der Waals surface area contributed by atoms with Crippen LogP contribution in [0.2, 0.25) is 0 Å². The van der Waals surface area contributed by atoms with Gasteiger partial charge in [0.2, 0.25) is 5.91 Å². The first-order chi connectivity index (χ1) is 9.39. The fourth-order valence-corrected chi connectivity index (χ4v) is 2.45. The van der Waals surface area contributed by atoms with Gasteiger partial charge in [-0.3, -0.25) is 4.79 Å². The molecule has 0 atom stereocenters. The second kappa shape index (κ2) is 5.58. The Labute approximate surface area is 116 Å². The zero-order valence-electron chi connectivity index (χ0n) is 11.3. The van der Waals surface area contributed by atoms with E-state index in [1.165, 1.54) is 15.8 Å². The number of nitrogens with zero attached hydrogens (tertiary/aromatic N) is 4. The molecule has 20 heavy (non-hydrogen) atoms. The Hall–Kier alpha value is -1.96. The lowest BCUT2D eigenvalue weighted by molar-refractivity contribution is -0.134. The maximum absolute atomic E-state index is 12.0. The summed E-state index contributed by atoms with van der Waals surface area (Å²) in [7, 11) is 1.62. The average molecular weight is 282 g/mol. The average Bonchev–Trinajstić information content (AvgIpc) is 2.98. The second-order valence-electron chi connectivity index (χ2n) is 5.29. The van der Waals surface area contributed by atoms with E-state index in [1.807, 2.05) is 0 Å². The van der Waals surface area contributed by atoms with E-state index in [0.717, 1.165) is 12.8 Å². The van der Waals surface area contributed by atoms with Crippen molar-refractivity contribution in [2.45, 2.75) is 37.8 Å². The normalized spacial score (nSPS) is 17.1. The number of carbonyl (C=O) groups is 2. The highest BCUT2D eigenvalue weighted by atomic mass is 16.4. The maximum Gasteiger partial charge on any atom is 0.358 e. The molecule has 1 amide bonds. The number of rotatable bonds is 5. The number of hydrogen-bond acceptors (Lipinski definition) is 5. The lowest BCUT2D eigenvalue weighted by Crippen LogP contribution is -2.43. The molecule has 0 bridgehead atoms. The number of aromatic nitrogens is 3. The monoisotopic (exact) mass is 282 g/mol. The van der Waals surface area contributed by atoms with Gasteiger partial charge in [-0.15, -0.1) is 5.10 Å². The molecule has 1 heterocycles. The molecule has 1 aliphatic rings. The van der Waals surface area contributed by atoms with Gasteiger partial charge >= 0.3 is 5.97 Å². The van der Waals surface area contributed by atoms with Gasteiger partial charge in [-0.2, -0.15) is 0 Å². The van der Waals surface area contributed by atoms with Gasteiger partial charge in [0.1, 0.15) is 6.54 Å². The van der Waals surface area contributed by atoms with Crippen LogP contribution in [0.1, 0.15) is 36.2 Å². The van der Waals surface area contributed by atoms with E-state index < -0.39 is 11.6 Å². The van der Waals surface area contributed by atoms with Gasteiger partial charge < -0.3 is 15.1 Å². The third kappa shape index (κ3) is 3.32. The minimum Gasteiger partial charge on any atom is -0.476 e. The molecule has 0 unspecified atom stereocenters. The molecule has 110 valence electrons. The summed E-state index contributed by atoms with van der Waals surface area (Å²) in [6.45, 7) is 0.194. The first-order valence-electron chi connectivity index (χ1n) is 6.49. The van der Waals surface area contributed by atoms with Crippen LogP contribution in [0.15, 0.2) is 6.20 Å². The Kier molecular flexibility index (Phi) is 4.03. The molecule has 1 fully saturated rings. The van der Waals surface area contributed by atoms with Crippen molar-refractivity contribution < 1.29 is 19.8 Å². The molecule has 1 aliphatic carbocycles. The standard InChI is InChI=1S/C12H18N4O4/c1-15(8-12(20)4-2-3-5-12)10(17)7-16-6-9(11(18)19)13-14-16/h6,20H,2-5,7-8H2,1H3,(H,18,19). The third-order valence-corrected chi connectivity index (χ3v) is 3.55. The molecule has 1 aromatic rings. The number of carboxylic acid groups (broad SMARTS) is 1. The molecule has 8 heteroatoms. The van der Waals surface area contributed by atoms with E-state index in [4.69, 9.17) is 5.11 Å². The van der Waals surface area contributed by atoms with E-state index in [9.17, 15) is 14.7 Å². The van der Waals surface area contributed by atoms with Crippen molar-refractivity contribution in [2.75, 3.05) is 13.6 Å². The summed E-state index contributed by atoms with van der Waals surface area (Å²) in [5, 5.41) is 26.0. The van der Waals surface area contributed by atoms with Crippen molar-refractivity contribution in [3.8, 4) is 0 Å². The summed E-state index contributed by atoms with van der Waals surface area (Å²) < 4.78 is 1.18. The SMILES string of the molecule is CN(CC1(O)CCCC1)C(=O)Cn1cc(C(=O)O)nn1. The maximum atomic E-state index is 12.0. The lowest BCUT2D eigenvalue weighted by Gasteiger charge is -2.28. The van der Waals surface area contributed by atoms with Crippen LogP contribution in [0.3, 0.4) is 0 Å². The first-order valence-corrected chi connectivity index (χ1v) is 6.49. The highest BCUT2D eigenvalue weighted by Gasteiger charge is 2.33. The predicted molar refractivity (Wildman–Crippen MR) is 68.0 cm³/mol. The van der Waals surface area contributed by atoms with Gasteiger partial charge in [0.15, 0.2) is 5.69 Å². The van der Waals surface area contributed by atoms with Crippen molar-refractivity contribution in [1.29, 1.82) is 0 Å². The Bertz CT molecular complexity index is 507. The van der Waals surface area contributed by atoms with Crippen molar-refractivity contribution in [3.63, 3.8) is 0 Å². The molecule has 0 radical (unpaired) electrons. The minimum absolute atomic E-state index is 0.0904. The van der Waals surface area contributed by atoms with Gasteiger partial charge in [-0.25, -0.2) is 9.48 Å². The van der Waals surface area contributed by atoms with Crippen molar-refractivity contribution in [1.82, 2.24) is 19.9 Å². The number of aliphatic hydroxyl groups is 1. The smallest absolute Gasteiger partial charge is 0.358 e. The molecule has 2 N–H and O–H groups in total. The lowest BCUT2D eigenvalue weighted by atomic mass is 10.0. The second-order valence-corrected chi connectivity index (χ2v) is 5.29. The van der Waals surface area contributed by atoms with E-state index in [-0.39, 0.29) is 24.7 Å². The van der Waals surface area contributed by atoms with E-state index in [0.29, 0.717) is 12.8 Å². The predicted octanol–water partition coefficient (Wildman–Crippen LogP) is -0.260.